The van der Waals surface area contributed by atoms with Crippen LogP contribution in [0.3, 0.4) is 0 Å². The first kappa shape index (κ1) is 17.8. The number of carboxylic acids is 1. The fourth-order valence-electron chi connectivity index (χ4n) is 2.85. The lowest BCUT2D eigenvalue weighted by molar-refractivity contribution is -0.274. The standard InChI is InChI=1S/C18H15F3N2O3/c1-2-14-13(22-16-10-12(17(24)25)7-8-23(14)16)9-11-5-3-4-6-15(11)26-18(19,20)21/h3-8,10H,2,9H2,1H3,(H,24,25). The summed E-state index contributed by atoms with van der Waals surface area (Å²) < 4.78 is 43.6. The molecule has 1 N–H and O–H groups in total. The molecule has 0 atom stereocenters. The van der Waals surface area contributed by atoms with Crippen LogP contribution in [0, 0.1) is 0 Å². The number of carboxylic acid groups (broad SMARTS) is 1. The Morgan fingerprint density at radius 3 is 2.65 bits per heavy atom. The zero-order valence-corrected chi connectivity index (χ0v) is 13.7. The summed E-state index contributed by atoms with van der Waals surface area (Å²) in [6.07, 6.45) is -2.45. The van der Waals surface area contributed by atoms with E-state index in [-0.39, 0.29) is 17.7 Å². The van der Waals surface area contributed by atoms with E-state index in [1.165, 1.54) is 24.3 Å². The number of alkyl halides is 3. The molecule has 0 saturated carbocycles. The molecule has 3 rings (SSSR count). The molecule has 0 saturated heterocycles. The third-order valence-electron chi connectivity index (χ3n) is 3.95. The molecule has 0 aliphatic rings. The number of nitrogens with zero attached hydrogens (tertiary/aromatic N) is 2. The molecule has 1 aromatic carbocycles. The monoisotopic (exact) mass is 364 g/mol. The van der Waals surface area contributed by atoms with Gasteiger partial charge in [0.1, 0.15) is 11.4 Å². The van der Waals surface area contributed by atoms with Crippen LogP contribution >= 0.6 is 0 Å². The van der Waals surface area contributed by atoms with Gasteiger partial charge in [-0.15, -0.1) is 13.2 Å². The molecule has 2 heterocycles. The zero-order chi connectivity index (χ0) is 18.9. The maximum atomic E-state index is 12.6. The molecule has 0 unspecified atom stereocenters. The number of halogens is 3. The number of imidazole rings is 1. The van der Waals surface area contributed by atoms with Crippen molar-refractivity contribution >= 4 is 11.6 Å². The minimum atomic E-state index is -4.78. The lowest BCUT2D eigenvalue weighted by atomic mass is 10.1. The number of rotatable bonds is 5. The van der Waals surface area contributed by atoms with E-state index in [4.69, 9.17) is 5.11 Å². The Labute approximate surface area is 146 Å². The van der Waals surface area contributed by atoms with Crippen LogP contribution in [0.4, 0.5) is 13.2 Å². The smallest absolute Gasteiger partial charge is 0.478 e. The van der Waals surface area contributed by atoms with Crippen molar-refractivity contribution in [2.75, 3.05) is 0 Å². The van der Waals surface area contributed by atoms with E-state index in [1.54, 1.807) is 22.7 Å². The number of para-hydroxylation sites is 1. The summed E-state index contributed by atoms with van der Waals surface area (Å²) >= 11 is 0. The Morgan fingerprint density at radius 1 is 1.27 bits per heavy atom. The molecule has 26 heavy (non-hydrogen) atoms. The van der Waals surface area contributed by atoms with Crippen LogP contribution in [0.2, 0.25) is 0 Å². The largest absolute Gasteiger partial charge is 0.573 e. The molecule has 0 spiro atoms. The van der Waals surface area contributed by atoms with Crippen LogP contribution in [0.5, 0.6) is 5.75 Å². The summed E-state index contributed by atoms with van der Waals surface area (Å²) in [7, 11) is 0. The van der Waals surface area contributed by atoms with Gasteiger partial charge in [-0.1, -0.05) is 25.1 Å². The van der Waals surface area contributed by atoms with Gasteiger partial charge >= 0.3 is 12.3 Å². The highest BCUT2D eigenvalue weighted by Gasteiger charge is 2.32. The number of pyridine rings is 1. The quantitative estimate of drug-likeness (QED) is 0.741. The number of aromatic nitrogens is 2. The van der Waals surface area contributed by atoms with Gasteiger partial charge in [0.25, 0.3) is 0 Å². The van der Waals surface area contributed by atoms with Crippen LogP contribution in [-0.4, -0.2) is 26.8 Å². The fourth-order valence-corrected chi connectivity index (χ4v) is 2.85. The Balaban J connectivity index is 2.03. The molecular formula is C18H15F3N2O3. The molecule has 0 aliphatic carbocycles. The van der Waals surface area contributed by atoms with Gasteiger partial charge in [0.15, 0.2) is 0 Å². The lowest BCUT2D eigenvalue weighted by Crippen LogP contribution is -2.18. The molecule has 0 aliphatic heterocycles. The summed E-state index contributed by atoms with van der Waals surface area (Å²) in [4.78, 5) is 15.5. The van der Waals surface area contributed by atoms with Gasteiger partial charge in [0.05, 0.1) is 11.3 Å². The molecule has 136 valence electrons. The lowest BCUT2D eigenvalue weighted by Gasteiger charge is -2.13. The van der Waals surface area contributed by atoms with E-state index >= 15 is 0 Å². The molecule has 5 nitrogen and oxygen atoms in total. The van der Waals surface area contributed by atoms with Gasteiger partial charge in [0.2, 0.25) is 0 Å². The van der Waals surface area contributed by atoms with Crippen LogP contribution < -0.4 is 4.74 Å². The van der Waals surface area contributed by atoms with Gasteiger partial charge in [-0.25, -0.2) is 9.78 Å². The minimum absolute atomic E-state index is 0.0949. The SMILES string of the molecule is CCc1c(Cc2ccccc2OC(F)(F)F)nc2cc(C(=O)O)ccn12. The first-order valence-electron chi connectivity index (χ1n) is 7.85. The maximum absolute atomic E-state index is 12.6. The van der Waals surface area contributed by atoms with Gasteiger partial charge < -0.3 is 14.2 Å². The molecule has 8 heteroatoms. The van der Waals surface area contributed by atoms with E-state index in [0.717, 1.165) is 5.69 Å². The van der Waals surface area contributed by atoms with E-state index in [2.05, 4.69) is 9.72 Å². The molecular weight excluding hydrogens is 349 g/mol. The van der Waals surface area contributed by atoms with Crippen molar-refractivity contribution in [3.05, 3.63) is 65.1 Å². The van der Waals surface area contributed by atoms with E-state index < -0.39 is 12.3 Å². The van der Waals surface area contributed by atoms with Crippen LogP contribution in [0.1, 0.15) is 34.2 Å². The Morgan fingerprint density at radius 2 is 2.00 bits per heavy atom. The summed E-state index contributed by atoms with van der Waals surface area (Å²) in [6.45, 7) is 1.90. The fraction of sp³-hybridized carbons (Fsp3) is 0.222. The summed E-state index contributed by atoms with van der Waals surface area (Å²) in [5, 5.41) is 9.10. The third kappa shape index (κ3) is 3.63. The number of hydrogen-bond acceptors (Lipinski definition) is 3. The van der Waals surface area contributed by atoms with E-state index in [9.17, 15) is 18.0 Å². The van der Waals surface area contributed by atoms with Crippen LogP contribution in [-0.2, 0) is 12.8 Å². The number of aryl methyl sites for hydroxylation is 1. The van der Waals surface area contributed by atoms with E-state index in [0.29, 0.717) is 23.3 Å². The average molecular weight is 364 g/mol. The number of aromatic carboxylic acids is 1. The van der Waals surface area contributed by atoms with Crippen molar-refractivity contribution in [3.8, 4) is 5.75 Å². The Bertz CT molecular complexity index is 964. The van der Waals surface area contributed by atoms with Crippen molar-refractivity contribution in [1.29, 1.82) is 0 Å². The molecule has 0 fully saturated rings. The number of ether oxygens (including phenoxy) is 1. The Kier molecular flexibility index (Phi) is 4.58. The number of hydrogen-bond donors (Lipinski definition) is 1. The topological polar surface area (TPSA) is 63.8 Å². The van der Waals surface area contributed by atoms with Gasteiger partial charge in [-0.05, 0) is 24.6 Å². The normalized spacial score (nSPS) is 11.7. The number of fused-ring (bicyclic) bond motifs is 1. The van der Waals surface area contributed by atoms with Crippen LogP contribution in [0.15, 0.2) is 42.6 Å². The molecule has 0 amide bonds. The summed E-state index contributed by atoms with van der Waals surface area (Å²) in [6, 6.07) is 8.79. The second-order valence-corrected chi connectivity index (χ2v) is 5.64. The predicted octanol–water partition coefficient (Wildman–Crippen LogP) is 4.08. The van der Waals surface area contributed by atoms with Gasteiger partial charge in [0, 0.05) is 23.9 Å². The number of benzene rings is 1. The highest BCUT2D eigenvalue weighted by atomic mass is 19.4. The van der Waals surface area contributed by atoms with Crippen molar-refractivity contribution in [3.63, 3.8) is 0 Å². The molecule has 0 bridgehead atoms. The van der Waals surface area contributed by atoms with E-state index in [1.807, 2.05) is 6.92 Å². The first-order valence-corrected chi connectivity index (χ1v) is 7.85. The maximum Gasteiger partial charge on any atom is 0.573 e. The second-order valence-electron chi connectivity index (χ2n) is 5.64. The van der Waals surface area contributed by atoms with Gasteiger partial charge in [-0.2, -0.15) is 0 Å². The summed E-state index contributed by atoms with van der Waals surface area (Å²) in [5.74, 6) is -1.34. The van der Waals surface area contributed by atoms with Crippen molar-refractivity contribution in [1.82, 2.24) is 9.38 Å². The van der Waals surface area contributed by atoms with Crippen molar-refractivity contribution in [2.45, 2.75) is 26.1 Å². The molecule has 0 radical (unpaired) electrons. The van der Waals surface area contributed by atoms with Gasteiger partial charge in [-0.3, -0.25) is 0 Å². The average Bonchev–Trinajstić information content (AvgIpc) is 2.91. The summed E-state index contributed by atoms with van der Waals surface area (Å²) in [5.41, 5.74) is 2.26. The molecule has 3 aromatic rings. The highest BCUT2D eigenvalue weighted by Crippen LogP contribution is 2.29. The zero-order valence-electron chi connectivity index (χ0n) is 13.7. The third-order valence-corrected chi connectivity index (χ3v) is 3.95. The predicted molar refractivity (Wildman–Crippen MR) is 87.5 cm³/mol. The second kappa shape index (κ2) is 6.70. The number of carbonyl (C=O) groups is 1. The van der Waals surface area contributed by atoms with Crippen molar-refractivity contribution < 1.29 is 27.8 Å². The Hall–Kier alpha value is -3.03. The minimum Gasteiger partial charge on any atom is -0.478 e. The van der Waals surface area contributed by atoms with Crippen LogP contribution in [0.25, 0.3) is 5.65 Å². The highest BCUT2D eigenvalue weighted by molar-refractivity contribution is 5.88. The molecule has 2 aromatic heterocycles. The van der Waals surface area contributed by atoms with Crippen molar-refractivity contribution in [2.24, 2.45) is 0 Å². The first-order chi connectivity index (χ1) is 12.3.